The monoisotopic (exact) mass is 324 g/mol. The minimum Gasteiger partial charge on any atom is -0.341 e. The Morgan fingerprint density at radius 1 is 1.38 bits per heavy atom. The number of nitrogens with one attached hydrogen (secondary N) is 3. The lowest BCUT2D eigenvalue weighted by Crippen LogP contribution is -2.31. The lowest BCUT2D eigenvalue weighted by atomic mass is 10.1. The van der Waals surface area contributed by atoms with Crippen LogP contribution in [0.1, 0.15) is 40.5 Å². The molecule has 4 rings (SSSR count). The Kier molecular flexibility index (Phi) is 3.57. The maximum atomic E-state index is 12.6. The number of benzene rings is 1. The number of aromatic amines is 1. The summed E-state index contributed by atoms with van der Waals surface area (Å²) in [6.45, 7) is 3.53. The molecule has 0 aliphatic carbocycles. The number of hydrogen-bond acceptors (Lipinski definition) is 4. The molecule has 3 N–H and O–H groups in total. The predicted molar refractivity (Wildman–Crippen MR) is 90.6 cm³/mol. The van der Waals surface area contributed by atoms with Crippen LogP contribution in [0.3, 0.4) is 0 Å². The molecule has 7 heteroatoms. The molecule has 1 unspecified atom stereocenters. The molecular weight excluding hydrogens is 304 g/mol. The molecule has 1 amide bonds. The molecule has 24 heavy (non-hydrogen) atoms. The predicted octanol–water partition coefficient (Wildman–Crippen LogP) is 1.43. The van der Waals surface area contributed by atoms with Gasteiger partial charge in [0, 0.05) is 37.8 Å². The van der Waals surface area contributed by atoms with Crippen LogP contribution < -0.4 is 10.6 Å². The van der Waals surface area contributed by atoms with E-state index in [1.54, 1.807) is 0 Å². The van der Waals surface area contributed by atoms with Gasteiger partial charge in [-0.2, -0.15) is 5.10 Å². The number of para-hydroxylation sites is 2. The maximum Gasteiger partial charge on any atom is 0.272 e. The van der Waals surface area contributed by atoms with Gasteiger partial charge in [-0.1, -0.05) is 12.1 Å². The molecule has 0 saturated heterocycles. The first-order chi connectivity index (χ1) is 11.6. The van der Waals surface area contributed by atoms with Gasteiger partial charge in [0.05, 0.1) is 17.1 Å². The number of imidazole rings is 1. The van der Waals surface area contributed by atoms with Crippen molar-refractivity contribution in [3.05, 3.63) is 47.0 Å². The van der Waals surface area contributed by atoms with Crippen LogP contribution in [0.15, 0.2) is 24.3 Å². The van der Waals surface area contributed by atoms with Gasteiger partial charge in [0.15, 0.2) is 5.69 Å². The topological polar surface area (TPSA) is 87.6 Å². The summed E-state index contributed by atoms with van der Waals surface area (Å²) < 4.78 is 2.02. The van der Waals surface area contributed by atoms with Crippen molar-refractivity contribution in [3.8, 4) is 0 Å². The van der Waals surface area contributed by atoms with E-state index in [2.05, 4.69) is 25.8 Å². The number of amides is 1. The third-order valence-corrected chi connectivity index (χ3v) is 4.58. The SMILES string of the molecule is CC(NC(=O)c1n[nH]c2c1CNCC2)c1nc2ccccc2n1C. The van der Waals surface area contributed by atoms with Crippen LogP contribution in [0.5, 0.6) is 0 Å². The molecule has 1 aliphatic heterocycles. The number of aryl methyl sites for hydroxylation is 1. The van der Waals surface area contributed by atoms with E-state index >= 15 is 0 Å². The fourth-order valence-corrected chi connectivity index (χ4v) is 3.29. The van der Waals surface area contributed by atoms with Gasteiger partial charge >= 0.3 is 0 Å². The number of fused-ring (bicyclic) bond motifs is 2. The molecule has 1 aliphatic rings. The Labute approximate surface area is 139 Å². The standard InChI is InChI=1S/C17H20N6O/c1-10(16-20-13-5-3-4-6-14(13)23(16)2)19-17(24)15-11-9-18-8-7-12(11)21-22-15/h3-6,10,18H,7-9H2,1-2H3,(H,19,24)(H,21,22). The third-order valence-electron chi connectivity index (χ3n) is 4.58. The van der Waals surface area contributed by atoms with E-state index < -0.39 is 0 Å². The highest BCUT2D eigenvalue weighted by Gasteiger charge is 2.24. The Bertz CT molecular complexity index is 909. The summed E-state index contributed by atoms with van der Waals surface area (Å²) in [6, 6.07) is 7.74. The molecular formula is C17H20N6O. The van der Waals surface area contributed by atoms with Crippen molar-refractivity contribution >= 4 is 16.9 Å². The molecule has 1 atom stereocenters. The Hall–Kier alpha value is -2.67. The zero-order valence-electron chi connectivity index (χ0n) is 13.8. The highest BCUT2D eigenvalue weighted by atomic mass is 16.2. The van der Waals surface area contributed by atoms with Crippen LogP contribution in [0.4, 0.5) is 0 Å². The Balaban J connectivity index is 1.59. The molecule has 3 aromatic rings. The quantitative estimate of drug-likeness (QED) is 0.680. The second kappa shape index (κ2) is 5.76. The minimum atomic E-state index is -0.209. The van der Waals surface area contributed by atoms with Gasteiger partial charge in [0.1, 0.15) is 5.82 Å². The normalized spacial score (nSPS) is 15.2. The summed E-state index contributed by atoms with van der Waals surface area (Å²) in [5, 5.41) is 13.5. The fraction of sp³-hybridized carbons (Fsp3) is 0.353. The summed E-state index contributed by atoms with van der Waals surface area (Å²) in [4.78, 5) is 17.3. The smallest absolute Gasteiger partial charge is 0.272 e. The van der Waals surface area contributed by atoms with E-state index in [0.717, 1.165) is 41.1 Å². The first-order valence-corrected chi connectivity index (χ1v) is 8.14. The van der Waals surface area contributed by atoms with Gasteiger partial charge in [-0.05, 0) is 19.1 Å². The zero-order valence-corrected chi connectivity index (χ0v) is 13.8. The van der Waals surface area contributed by atoms with Crippen LogP contribution >= 0.6 is 0 Å². The van der Waals surface area contributed by atoms with Gasteiger partial charge in [-0.15, -0.1) is 0 Å². The number of carbonyl (C=O) groups is 1. The molecule has 0 radical (unpaired) electrons. The van der Waals surface area contributed by atoms with Gasteiger partial charge in [-0.25, -0.2) is 4.98 Å². The lowest BCUT2D eigenvalue weighted by molar-refractivity contribution is 0.0931. The average Bonchev–Trinajstić information content (AvgIpc) is 3.17. The van der Waals surface area contributed by atoms with Crippen molar-refractivity contribution < 1.29 is 4.79 Å². The molecule has 0 fully saturated rings. The van der Waals surface area contributed by atoms with Gasteiger partial charge < -0.3 is 15.2 Å². The number of hydrogen-bond donors (Lipinski definition) is 3. The number of H-pyrrole nitrogens is 1. The van der Waals surface area contributed by atoms with E-state index in [9.17, 15) is 4.79 Å². The lowest BCUT2D eigenvalue weighted by Gasteiger charge is -2.15. The van der Waals surface area contributed by atoms with Crippen molar-refractivity contribution in [1.82, 2.24) is 30.4 Å². The van der Waals surface area contributed by atoms with Crippen molar-refractivity contribution in [1.29, 1.82) is 0 Å². The second-order valence-corrected chi connectivity index (χ2v) is 6.17. The molecule has 0 bridgehead atoms. The summed E-state index contributed by atoms with van der Waals surface area (Å²) in [6.07, 6.45) is 0.871. The van der Waals surface area contributed by atoms with Crippen LogP contribution in [0, 0.1) is 0 Å². The Morgan fingerprint density at radius 2 is 2.21 bits per heavy atom. The van der Waals surface area contributed by atoms with Crippen LogP contribution in [-0.2, 0) is 20.0 Å². The molecule has 124 valence electrons. The first kappa shape index (κ1) is 14.9. The minimum absolute atomic E-state index is 0.171. The van der Waals surface area contributed by atoms with E-state index in [1.165, 1.54) is 0 Å². The number of nitrogens with zero attached hydrogens (tertiary/aromatic N) is 3. The third kappa shape index (κ3) is 2.37. The summed E-state index contributed by atoms with van der Waals surface area (Å²) >= 11 is 0. The van der Waals surface area contributed by atoms with E-state index in [4.69, 9.17) is 0 Å². The average molecular weight is 324 g/mol. The molecule has 0 spiro atoms. The van der Waals surface area contributed by atoms with Crippen LogP contribution in [-0.4, -0.2) is 32.2 Å². The molecule has 7 nitrogen and oxygen atoms in total. The first-order valence-electron chi connectivity index (χ1n) is 8.14. The fourth-order valence-electron chi connectivity index (χ4n) is 3.29. The van der Waals surface area contributed by atoms with Crippen LogP contribution in [0.2, 0.25) is 0 Å². The maximum absolute atomic E-state index is 12.6. The zero-order chi connectivity index (χ0) is 16.7. The molecule has 2 aromatic heterocycles. The second-order valence-electron chi connectivity index (χ2n) is 6.17. The Morgan fingerprint density at radius 3 is 3.04 bits per heavy atom. The van der Waals surface area contributed by atoms with Gasteiger partial charge in [-0.3, -0.25) is 9.89 Å². The number of rotatable bonds is 3. The van der Waals surface area contributed by atoms with E-state index in [0.29, 0.717) is 12.2 Å². The number of aromatic nitrogens is 4. The van der Waals surface area contributed by atoms with E-state index in [-0.39, 0.29) is 11.9 Å². The largest absolute Gasteiger partial charge is 0.341 e. The summed E-state index contributed by atoms with van der Waals surface area (Å²) in [5.74, 6) is 0.655. The molecule has 3 heterocycles. The van der Waals surface area contributed by atoms with Gasteiger partial charge in [0.25, 0.3) is 5.91 Å². The van der Waals surface area contributed by atoms with Crippen molar-refractivity contribution in [2.45, 2.75) is 25.9 Å². The number of carbonyl (C=O) groups excluding carboxylic acids is 1. The van der Waals surface area contributed by atoms with Crippen LogP contribution in [0.25, 0.3) is 11.0 Å². The van der Waals surface area contributed by atoms with E-state index in [1.807, 2.05) is 42.8 Å². The van der Waals surface area contributed by atoms with Crippen molar-refractivity contribution in [2.24, 2.45) is 7.05 Å². The molecule has 0 saturated carbocycles. The van der Waals surface area contributed by atoms with Crippen molar-refractivity contribution in [2.75, 3.05) is 6.54 Å². The van der Waals surface area contributed by atoms with Crippen molar-refractivity contribution in [3.63, 3.8) is 0 Å². The van der Waals surface area contributed by atoms with Gasteiger partial charge in [0.2, 0.25) is 0 Å². The highest BCUT2D eigenvalue weighted by Crippen LogP contribution is 2.20. The summed E-state index contributed by atoms with van der Waals surface area (Å²) in [7, 11) is 1.97. The molecule has 1 aromatic carbocycles. The highest BCUT2D eigenvalue weighted by molar-refractivity contribution is 5.94. The summed E-state index contributed by atoms with van der Waals surface area (Å²) in [5.41, 5.74) is 4.47.